The van der Waals surface area contributed by atoms with Crippen LogP contribution in [0.4, 0.5) is 0 Å². The van der Waals surface area contributed by atoms with Crippen LogP contribution in [0.25, 0.3) is 21.5 Å². The molecule has 1 fully saturated rings. The van der Waals surface area contributed by atoms with Crippen molar-refractivity contribution >= 4 is 21.5 Å². The van der Waals surface area contributed by atoms with Crippen molar-refractivity contribution in [3.05, 3.63) is 93.0 Å². The highest BCUT2D eigenvalue weighted by molar-refractivity contribution is 5.89. The van der Waals surface area contributed by atoms with Crippen LogP contribution in [0, 0.1) is 41.5 Å². The Kier molecular flexibility index (Phi) is 7.19. The Morgan fingerprint density at radius 2 is 0.889 bits per heavy atom. The first kappa shape index (κ1) is 25.0. The fraction of sp³-hybridized carbons (Fsp3) is 0.412. The summed E-state index contributed by atoms with van der Waals surface area (Å²) in [6.07, 6.45) is 2.27. The van der Waals surface area contributed by atoms with E-state index in [0.717, 1.165) is 25.9 Å². The third kappa shape index (κ3) is 5.08. The summed E-state index contributed by atoms with van der Waals surface area (Å²) in [6, 6.07) is 18.8. The Labute approximate surface area is 217 Å². The largest absolute Gasteiger partial charge is 0.300 e. The molecule has 0 saturated carbocycles. The quantitative estimate of drug-likeness (QED) is 0.288. The topological polar surface area (TPSA) is 6.48 Å². The summed E-state index contributed by atoms with van der Waals surface area (Å²) in [4.78, 5) is 5.30. The molecule has 0 amide bonds. The van der Waals surface area contributed by atoms with Crippen molar-refractivity contribution in [3.63, 3.8) is 0 Å². The SMILES string of the molecule is Cc1cc2ccc(CCN3CCN(CCc4ccc5cc(C)c(C)c(C)c5c4)CC3)cc2c(C)c1C. The van der Waals surface area contributed by atoms with Gasteiger partial charge in [-0.3, -0.25) is 0 Å². The van der Waals surface area contributed by atoms with Gasteiger partial charge in [-0.2, -0.15) is 0 Å². The number of hydrogen-bond acceptors (Lipinski definition) is 2. The van der Waals surface area contributed by atoms with E-state index in [1.54, 1.807) is 0 Å². The molecule has 5 rings (SSSR count). The Morgan fingerprint density at radius 3 is 1.28 bits per heavy atom. The van der Waals surface area contributed by atoms with E-state index in [2.05, 4.69) is 99.9 Å². The van der Waals surface area contributed by atoms with Gasteiger partial charge < -0.3 is 9.80 Å². The zero-order chi connectivity index (χ0) is 25.4. The van der Waals surface area contributed by atoms with Crippen LogP contribution in [0.1, 0.15) is 44.5 Å². The fourth-order valence-corrected chi connectivity index (χ4v) is 5.91. The van der Waals surface area contributed by atoms with Crippen molar-refractivity contribution in [3.8, 4) is 0 Å². The van der Waals surface area contributed by atoms with Gasteiger partial charge in [-0.05, 0) is 120 Å². The second-order valence-corrected chi connectivity index (χ2v) is 11.2. The van der Waals surface area contributed by atoms with Crippen LogP contribution < -0.4 is 0 Å². The highest BCUT2D eigenvalue weighted by atomic mass is 15.3. The molecule has 1 saturated heterocycles. The first-order valence-corrected chi connectivity index (χ1v) is 13.7. The van der Waals surface area contributed by atoms with Gasteiger partial charge >= 0.3 is 0 Å². The smallest absolute Gasteiger partial charge is 0.0110 e. The lowest BCUT2D eigenvalue weighted by atomic mass is 9.94. The molecule has 1 aliphatic heterocycles. The summed E-state index contributed by atoms with van der Waals surface area (Å²) in [5.41, 5.74) is 11.5. The van der Waals surface area contributed by atoms with E-state index in [1.165, 1.54) is 92.2 Å². The third-order valence-corrected chi connectivity index (χ3v) is 8.99. The van der Waals surface area contributed by atoms with Crippen LogP contribution >= 0.6 is 0 Å². The lowest BCUT2D eigenvalue weighted by Crippen LogP contribution is -2.47. The number of rotatable bonds is 6. The van der Waals surface area contributed by atoms with Crippen LogP contribution in [0.2, 0.25) is 0 Å². The fourth-order valence-electron chi connectivity index (χ4n) is 5.91. The van der Waals surface area contributed by atoms with Crippen molar-refractivity contribution in [2.24, 2.45) is 0 Å². The molecule has 0 atom stereocenters. The molecule has 0 aliphatic carbocycles. The molecule has 4 aromatic rings. The average Bonchev–Trinajstić information content (AvgIpc) is 2.89. The minimum Gasteiger partial charge on any atom is -0.300 e. The summed E-state index contributed by atoms with van der Waals surface area (Å²) < 4.78 is 0. The second kappa shape index (κ2) is 10.4. The lowest BCUT2D eigenvalue weighted by Gasteiger charge is -2.34. The molecule has 0 bridgehead atoms. The first-order valence-electron chi connectivity index (χ1n) is 13.7. The van der Waals surface area contributed by atoms with Crippen molar-refractivity contribution in [2.45, 2.75) is 54.4 Å². The van der Waals surface area contributed by atoms with E-state index in [0.29, 0.717) is 0 Å². The minimum atomic E-state index is 1.14. The zero-order valence-corrected chi connectivity index (χ0v) is 23.2. The predicted molar refractivity (Wildman–Crippen MR) is 157 cm³/mol. The van der Waals surface area contributed by atoms with Crippen LogP contribution in [0.15, 0.2) is 48.5 Å². The number of piperazine rings is 1. The van der Waals surface area contributed by atoms with Crippen molar-refractivity contribution in [2.75, 3.05) is 39.3 Å². The van der Waals surface area contributed by atoms with E-state index in [1.807, 2.05) is 0 Å². The van der Waals surface area contributed by atoms with Gasteiger partial charge in [-0.15, -0.1) is 0 Å². The van der Waals surface area contributed by atoms with Crippen LogP contribution in [-0.4, -0.2) is 49.1 Å². The molecule has 1 aliphatic rings. The molecular weight excluding hydrogens is 436 g/mol. The van der Waals surface area contributed by atoms with Gasteiger partial charge in [0.1, 0.15) is 0 Å². The van der Waals surface area contributed by atoms with Crippen molar-refractivity contribution in [1.29, 1.82) is 0 Å². The van der Waals surface area contributed by atoms with Gasteiger partial charge in [0.05, 0.1) is 0 Å². The summed E-state index contributed by atoms with van der Waals surface area (Å²) in [7, 11) is 0. The van der Waals surface area contributed by atoms with Gasteiger partial charge in [0, 0.05) is 39.3 Å². The van der Waals surface area contributed by atoms with Gasteiger partial charge in [-0.1, -0.05) is 48.5 Å². The Bertz CT molecular complexity index is 1300. The highest BCUT2D eigenvalue weighted by Gasteiger charge is 2.17. The van der Waals surface area contributed by atoms with E-state index in [-0.39, 0.29) is 0 Å². The Morgan fingerprint density at radius 1 is 0.500 bits per heavy atom. The second-order valence-electron chi connectivity index (χ2n) is 11.2. The zero-order valence-electron chi connectivity index (χ0n) is 23.2. The maximum absolute atomic E-state index is 2.65. The summed E-state index contributed by atoms with van der Waals surface area (Å²) in [5, 5.41) is 5.60. The first-order chi connectivity index (χ1) is 17.3. The number of hydrogen-bond donors (Lipinski definition) is 0. The van der Waals surface area contributed by atoms with E-state index in [9.17, 15) is 0 Å². The predicted octanol–water partition coefficient (Wildman–Crippen LogP) is 7.25. The van der Waals surface area contributed by atoms with Crippen LogP contribution in [-0.2, 0) is 12.8 Å². The molecule has 188 valence electrons. The molecule has 4 aromatic carbocycles. The van der Waals surface area contributed by atoms with Crippen molar-refractivity contribution < 1.29 is 0 Å². The molecule has 0 N–H and O–H groups in total. The third-order valence-electron chi connectivity index (χ3n) is 8.99. The number of nitrogens with zero attached hydrogens (tertiary/aromatic N) is 2. The van der Waals surface area contributed by atoms with E-state index >= 15 is 0 Å². The van der Waals surface area contributed by atoms with Gasteiger partial charge in [0.15, 0.2) is 0 Å². The normalized spacial score (nSPS) is 15.3. The molecule has 2 heteroatoms. The molecule has 2 nitrogen and oxygen atoms in total. The molecule has 1 heterocycles. The minimum absolute atomic E-state index is 1.14. The molecule has 36 heavy (non-hydrogen) atoms. The standard InChI is InChI=1S/C34H42N2/c1-23-19-31-9-7-29(21-33(31)27(5)25(23)3)11-13-35-15-17-36(18-16-35)14-12-30-8-10-32-20-24(2)26(4)28(6)34(32)22-30/h7-10,19-22H,11-18H2,1-6H3. The monoisotopic (exact) mass is 478 g/mol. The molecule has 0 radical (unpaired) electrons. The highest BCUT2D eigenvalue weighted by Crippen LogP contribution is 2.27. The van der Waals surface area contributed by atoms with E-state index in [4.69, 9.17) is 0 Å². The average molecular weight is 479 g/mol. The summed E-state index contributed by atoms with van der Waals surface area (Å²) in [5.74, 6) is 0. The molecule has 0 aromatic heterocycles. The lowest BCUT2D eigenvalue weighted by molar-refractivity contribution is 0.134. The Hall–Kier alpha value is -2.68. The molecule has 0 spiro atoms. The van der Waals surface area contributed by atoms with E-state index < -0.39 is 0 Å². The molecular formula is C34H42N2. The summed E-state index contributed by atoms with van der Waals surface area (Å²) in [6.45, 7) is 20.5. The van der Waals surface area contributed by atoms with Gasteiger partial charge in [-0.25, -0.2) is 0 Å². The number of fused-ring (bicyclic) bond motifs is 2. The maximum Gasteiger partial charge on any atom is 0.0110 e. The van der Waals surface area contributed by atoms with Crippen LogP contribution in [0.3, 0.4) is 0 Å². The Balaban J connectivity index is 1.13. The van der Waals surface area contributed by atoms with Crippen molar-refractivity contribution in [1.82, 2.24) is 9.80 Å². The summed E-state index contributed by atoms with van der Waals surface area (Å²) >= 11 is 0. The number of benzene rings is 4. The van der Waals surface area contributed by atoms with Gasteiger partial charge in [0.2, 0.25) is 0 Å². The number of aryl methyl sites for hydroxylation is 4. The van der Waals surface area contributed by atoms with Gasteiger partial charge in [0.25, 0.3) is 0 Å². The van der Waals surface area contributed by atoms with Crippen LogP contribution in [0.5, 0.6) is 0 Å². The molecule has 0 unspecified atom stereocenters. The maximum atomic E-state index is 2.65.